The molecule has 25 heavy (non-hydrogen) atoms. The van der Waals surface area contributed by atoms with Crippen LogP contribution in [0.1, 0.15) is 47.5 Å². The standard InChI is InChI=1S/C18H21N5O2/c1-12(18-20-14(3)21-25-18)22-6-8-23(9-7-22)17-10-15(13(2)24)4-5-16(17)11-19/h4-5,10,12H,6-9H2,1-3H3. The SMILES string of the molecule is CC(=O)c1ccc(C#N)c(N2CCN(C(C)c3nc(C)no3)CC2)c1. The zero-order valence-corrected chi connectivity index (χ0v) is 14.7. The van der Waals surface area contributed by atoms with E-state index in [-0.39, 0.29) is 11.8 Å². The molecule has 1 fully saturated rings. The van der Waals surface area contributed by atoms with E-state index in [1.807, 2.05) is 13.0 Å². The molecule has 130 valence electrons. The lowest BCUT2D eigenvalue weighted by atomic mass is 10.1. The average Bonchev–Trinajstić information content (AvgIpc) is 3.07. The zero-order valence-electron chi connectivity index (χ0n) is 14.7. The summed E-state index contributed by atoms with van der Waals surface area (Å²) >= 11 is 0. The Hall–Kier alpha value is -2.72. The second-order valence-corrected chi connectivity index (χ2v) is 6.28. The van der Waals surface area contributed by atoms with Crippen molar-refractivity contribution in [2.24, 2.45) is 0 Å². The normalized spacial score (nSPS) is 16.5. The minimum atomic E-state index is 0.00441. The lowest BCUT2D eigenvalue weighted by molar-refractivity contribution is 0.101. The lowest BCUT2D eigenvalue weighted by Gasteiger charge is -2.38. The maximum absolute atomic E-state index is 11.6. The van der Waals surface area contributed by atoms with Crippen molar-refractivity contribution in [1.29, 1.82) is 5.26 Å². The Labute approximate surface area is 146 Å². The van der Waals surface area contributed by atoms with Crippen LogP contribution in [0.4, 0.5) is 5.69 Å². The smallest absolute Gasteiger partial charge is 0.243 e. The number of hydrogen-bond donors (Lipinski definition) is 0. The maximum atomic E-state index is 11.6. The summed E-state index contributed by atoms with van der Waals surface area (Å²) in [6.07, 6.45) is 0. The van der Waals surface area contributed by atoms with E-state index in [1.165, 1.54) is 6.92 Å². The Morgan fingerprint density at radius 3 is 2.60 bits per heavy atom. The highest BCUT2D eigenvalue weighted by atomic mass is 16.5. The molecule has 1 aliphatic heterocycles. The van der Waals surface area contributed by atoms with Gasteiger partial charge in [-0.15, -0.1) is 0 Å². The molecular formula is C18H21N5O2. The molecule has 7 heteroatoms. The van der Waals surface area contributed by atoms with Crippen LogP contribution in [-0.2, 0) is 0 Å². The number of hydrogen-bond acceptors (Lipinski definition) is 7. The summed E-state index contributed by atoms with van der Waals surface area (Å²) in [5.41, 5.74) is 2.06. The van der Waals surface area contributed by atoms with E-state index < -0.39 is 0 Å². The van der Waals surface area contributed by atoms with Gasteiger partial charge in [0.2, 0.25) is 5.89 Å². The molecule has 2 heterocycles. The minimum Gasteiger partial charge on any atom is -0.368 e. The summed E-state index contributed by atoms with van der Waals surface area (Å²) in [4.78, 5) is 20.4. The molecule has 1 aliphatic rings. The van der Waals surface area contributed by atoms with Gasteiger partial charge in [-0.2, -0.15) is 10.2 Å². The number of benzene rings is 1. The molecule has 0 saturated carbocycles. The first-order valence-corrected chi connectivity index (χ1v) is 8.34. The molecule has 1 unspecified atom stereocenters. The third-order valence-electron chi connectivity index (χ3n) is 4.63. The van der Waals surface area contributed by atoms with Crippen molar-refractivity contribution in [3.05, 3.63) is 41.0 Å². The first kappa shape index (κ1) is 17.1. The van der Waals surface area contributed by atoms with Crippen LogP contribution in [0, 0.1) is 18.3 Å². The van der Waals surface area contributed by atoms with Gasteiger partial charge in [0.25, 0.3) is 0 Å². The van der Waals surface area contributed by atoms with Gasteiger partial charge < -0.3 is 9.42 Å². The minimum absolute atomic E-state index is 0.00441. The van der Waals surface area contributed by atoms with E-state index in [0.717, 1.165) is 31.9 Å². The van der Waals surface area contributed by atoms with Crippen LogP contribution in [0.15, 0.2) is 22.7 Å². The number of piperazine rings is 1. The summed E-state index contributed by atoms with van der Waals surface area (Å²) in [5.74, 6) is 1.27. The molecule has 1 aromatic carbocycles. The molecule has 1 aromatic heterocycles. The largest absolute Gasteiger partial charge is 0.368 e. The number of ketones is 1. The molecule has 2 aromatic rings. The fourth-order valence-electron chi connectivity index (χ4n) is 3.10. The number of nitrogens with zero attached hydrogens (tertiary/aromatic N) is 5. The summed E-state index contributed by atoms with van der Waals surface area (Å²) in [6, 6.07) is 7.53. The maximum Gasteiger partial charge on any atom is 0.243 e. The number of Topliss-reactive ketones (excluding diaryl/α,β-unsaturated/α-hetero) is 1. The van der Waals surface area contributed by atoms with Gasteiger partial charge in [0.05, 0.1) is 17.3 Å². The molecule has 3 rings (SSSR count). The van der Waals surface area contributed by atoms with Crippen LogP contribution >= 0.6 is 0 Å². The van der Waals surface area contributed by atoms with Gasteiger partial charge in [0, 0.05) is 31.7 Å². The Kier molecular flexibility index (Phi) is 4.81. The average molecular weight is 339 g/mol. The summed E-state index contributed by atoms with van der Waals surface area (Å²) in [6.45, 7) is 8.58. The van der Waals surface area contributed by atoms with E-state index in [4.69, 9.17) is 4.52 Å². The molecule has 1 saturated heterocycles. The van der Waals surface area contributed by atoms with Crippen LogP contribution in [-0.4, -0.2) is 47.0 Å². The van der Waals surface area contributed by atoms with Gasteiger partial charge >= 0.3 is 0 Å². The third kappa shape index (κ3) is 3.54. The van der Waals surface area contributed by atoms with Crippen molar-refractivity contribution in [3.8, 4) is 6.07 Å². The van der Waals surface area contributed by atoms with Gasteiger partial charge in [-0.05, 0) is 39.0 Å². The number of aryl methyl sites for hydroxylation is 1. The molecule has 0 N–H and O–H groups in total. The molecule has 0 bridgehead atoms. The molecule has 0 radical (unpaired) electrons. The number of aromatic nitrogens is 2. The number of carbonyl (C=O) groups excluding carboxylic acids is 1. The van der Waals surface area contributed by atoms with Crippen LogP contribution in [0.3, 0.4) is 0 Å². The van der Waals surface area contributed by atoms with E-state index in [1.54, 1.807) is 12.1 Å². The topological polar surface area (TPSA) is 86.3 Å². The van der Waals surface area contributed by atoms with Crippen LogP contribution in [0.5, 0.6) is 0 Å². The molecule has 0 spiro atoms. The first-order chi connectivity index (χ1) is 12.0. The highest BCUT2D eigenvalue weighted by Crippen LogP contribution is 2.26. The molecule has 7 nitrogen and oxygen atoms in total. The Morgan fingerprint density at radius 1 is 1.32 bits per heavy atom. The Morgan fingerprint density at radius 2 is 2.04 bits per heavy atom. The van der Waals surface area contributed by atoms with E-state index in [2.05, 4.69) is 32.9 Å². The van der Waals surface area contributed by atoms with Crippen LogP contribution < -0.4 is 4.90 Å². The van der Waals surface area contributed by atoms with Crippen LogP contribution in [0.25, 0.3) is 0 Å². The zero-order chi connectivity index (χ0) is 18.0. The molecular weight excluding hydrogens is 318 g/mol. The van der Waals surface area contributed by atoms with Gasteiger partial charge in [-0.3, -0.25) is 9.69 Å². The van der Waals surface area contributed by atoms with E-state index >= 15 is 0 Å². The Balaban J connectivity index is 1.73. The fraction of sp³-hybridized carbons (Fsp3) is 0.444. The Bertz CT molecular complexity index is 815. The predicted octanol–water partition coefficient (Wildman–Crippen LogP) is 2.34. The van der Waals surface area contributed by atoms with Gasteiger partial charge in [0.15, 0.2) is 11.6 Å². The second kappa shape index (κ2) is 7.03. The highest BCUT2D eigenvalue weighted by molar-refractivity contribution is 5.95. The van der Waals surface area contributed by atoms with Crippen molar-refractivity contribution in [2.45, 2.75) is 26.8 Å². The summed E-state index contributed by atoms with van der Waals surface area (Å²) < 4.78 is 5.27. The number of rotatable bonds is 4. The van der Waals surface area contributed by atoms with Gasteiger partial charge in [-0.1, -0.05) is 5.16 Å². The van der Waals surface area contributed by atoms with Crippen molar-refractivity contribution < 1.29 is 9.32 Å². The van der Waals surface area contributed by atoms with Crippen molar-refractivity contribution >= 4 is 11.5 Å². The van der Waals surface area contributed by atoms with Crippen LogP contribution in [0.2, 0.25) is 0 Å². The summed E-state index contributed by atoms with van der Waals surface area (Å²) in [7, 11) is 0. The van der Waals surface area contributed by atoms with E-state index in [0.29, 0.717) is 22.8 Å². The number of nitriles is 1. The van der Waals surface area contributed by atoms with Gasteiger partial charge in [0.1, 0.15) is 6.07 Å². The third-order valence-corrected chi connectivity index (χ3v) is 4.63. The number of anilines is 1. The van der Waals surface area contributed by atoms with Crippen molar-refractivity contribution in [2.75, 3.05) is 31.1 Å². The number of carbonyl (C=O) groups is 1. The lowest BCUT2D eigenvalue weighted by Crippen LogP contribution is -2.47. The second-order valence-electron chi connectivity index (χ2n) is 6.28. The molecule has 0 aliphatic carbocycles. The van der Waals surface area contributed by atoms with E-state index in [9.17, 15) is 10.1 Å². The summed E-state index contributed by atoms with van der Waals surface area (Å²) in [5, 5.41) is 13.2. The van der Waals surface area contributed by atoms with Crippen molar-refractivity contribution in [1.82, 2.24) is 15.0 Å². The predicted molar refractivity (Wildman–Crippen MR) is 92.4 cm³/mol. The monoisotopic (exact) mass is 339 g/mol. The molecule has 0 amide bonds. The highest BCUT2D eigenvalue weighted by Gasteiger charge is 2.26. The molecule has 1 atom stereocenters. The van der Waals surface area contributed by atoms with Crippen molar-refractivity contribution in [3.63, 3.8) is 0 Å². The van der Waals surface area contributed by atoms with Gasteiger partial charge in [-0.25, -0.2) is 0 Å². The fourth-order valence-corrected chi connectivity index (χ4v) is 3.10. The first-order valence-electron chi connectivity index (χ1n) is 8.34. The quantitative estimate of drug-likeness (QED) is 0.790.